The van der Waals surface area contributed by atoms with Crippen molar-refractivity contribution >= 4 is 17.6 Å². The molecule has 0 bridgehead atoms. The first kappa shape index (κ1) is 13.4. The van der Waals surface area contributed by atoms with Crippen molar-refractivity contribution in [3.63, 3.8) is 0 Å². The van der Waals surface area contributed by atoms with Crippen LogP contribution in [0.4, 0.5) is 0 Å². The van der Waals surface area contributed by atoms with E-state index in [0.717, 1.165) is 0 Å². The van der Waals surface area contributed by atoms with E-state index < -0.39 is 5.97 Å². The van der Waals surface area contributed by atoms with Gasteiger partial charge in [-0.25, -0.2) is 9.78 Å². The molecule has 5 heteroatoms. The number of aromatic nitrogens is 1. The zero-order valence-electron chi connectivity index (χ0n) is 10.3. The highest BCUT2D eigenvalue weighted by Crippen LogP contribution is 2.27. The van der Waals surface area contributed by atoms with Crippen LogP contribution in [0.15, 0.2) is 42.6 Å². The fraction of sp³-hybridized carbons (Fsp3) is 0.143. The summed E-state index contributed by atoms with van der Waals surface area (Å²) in [5.41, 5.74) is 0.329. The summed E-state index contributed by atoms with van der Waals surface area (Å²) in [4.78, 5) is 15.8. The summed E-state index contributed by atoms with van der Waals surface area (Å²) in [6.07, 6.45) is 1.37. The number of halogens is 1. The van der Waals surface area contributed by atoms with E-state index >= 15 is 0 Å². The summed E-state index contributed by atoms with van der Waals surface area (Å²) >= 11 is 5.66. The molecule has 1 aromatic heterocycles. The zero-order valence-corrected chi connectivity index (χ0v) is 11.1. The third kappa shape index (κ3) is 3.45. The van der Waals surface area contributed by atoms with Crippen molar-refractivity contribution in [1.29, 1.82) is 0 Å². The van der Waals surface area contributed by atoms with Gasteiger partial charge in [0, 0.05) is 6.20 Å². The van der Waals surface area contributed by atoms with E-state index in [2.05, 4.69) is 4.98 Å². The van der Waals surface area contributed by atoms with Crippen molar-refractivity contribution in [2.75, 3.05) is 6.61 Å². The summed E-state index contributed by atoms with van der Waals surface area (Å²) in [6, 6.07) is 10.1. The number of carbonyl (C=O) groups is 1. The van der Waals surface area contributed by atoms with Gasteiger partial charge in [-0.1, -0.05) is 23.7 Å². The van der Waals surface area contributed by atoms with Crippen LogP contribution in [0.5, 0.6) is 11.5 Å². The van der Waals surface area contributed by atoms with E-state index in [-0.39, 0.29) is 0 Å². The topological polar surface area (TPSA) is 48.4 Å². The van der Waals surface area contributed by atoms with Gasteiger partial charge in [0.05, 0.1) is 12.2 Å². The number of rotatable bonds is 4. The molecule has 2 rings (SSSR count). The maximum Gasteiger partial charge on any atom is 0.345 e. The van der Waals surface area contributed by atoms with Crippen molar-refractivity contribution in [1.82, 2.24) is 4.98 Å². The lowest BCUT2D eigenvalue weighted by Gasteiger charge is -2.09. The molecule has 0 atom stereocenters. The quantitative estimate of drug-likeness (QED) is 0.488. The number of hydrogen-bond donors (Lipinski definition) is 0. The molecular formula is C14H12ClNO3. The SMILES string of the molecule is CCOc1ccccc1OC(=O)c1ccc(Cl)nc1. The summed E-state index contributed by atoms with van der Waals surface area (Å²) in [7, 11) is 0. The van der Waals surface area contributed by atoms with Gasteiger partial charge in [-0.3, -0.25) is 0 Å². The Morgan fingerprint density at radius 2 is 1.95 bits per heavy atom. The zero-order chi connectivity index (χ0) is 13.7. The van der Waals surface area contributed by atoms with Crippen LogP contribution < -0.4 is 9.47 Å². The average Bonchev–Trinajstić information content (AvgIpc) is 2.42. The molecule has 1 aromatic carbocycles. The molecule has 4 nitrogen and oxygen atoms in total. The van der Waals surface area contributed by atoms with Crippen LogP contribution in [0.1, 0.15) is 17.3 Å². The lowest BCUT2D eigenvalue weighted by atomic mass is 10.3. The number of hydrogen-bond acceptors (Lipinski definition) is 4. The van der Waals surface area contributed by atoms with Gasteiger partial charge >= 0.3 is 5.97 Å². The van der Waals surface area contributed by atoms with Gasteiger partial charge in [0.1, 0.15) is 5.15 Å². The average molecular weight is 278 g/mol. The molecule has 98 valence electrons. The predicted octanol–water partition coefficient (Wildman–Crippen LogP) is 3.35. The van der Waals surface area contributed by atoms with E-state index in [4.69, 9.17) is 21.1 Å². The molecule has 0 saturated carbocycles. The normalized spacial score (nSPS) is 10.0. The number of benzene rings is 1. The third-order valence-corrected chi connectivity index (χ3v) is 2.54. The van der Waals surface area contributed by atoms with Crippen molar-refractivity contribution in [3.8, 4) is 11.5 Å². The van der Waals surface area contributed by atoms with Gasteiger partial charge in [-0.15, -0.1) is 0 Å². The molecule has 2 aromatic rings. The van der Waals surface area contributed by atoms with E-state index in [1.807, 2.05) is 13.0 Å². The summed E-state index contributed by atoms with van der Waals surface area (Å²) in [5.74, 6) is 0.404. The summed E-state index contributed by atoms with van der Waals surface area (Å²) in [5, 5.41) is 0.325. The maximum atomic E-state index is 11.9. The monoisotopic (exact) mass is 277 g/mol. The van der Waals surface area contributed by atoms with Crippen LogP contribution in [0.25, 0.3) is 0 Å². The number of nitrogens with zero attached hydrogens (tertiary/aromatic N) is 1. The Balaban J connectivity index is 2.16. The highest BCUT2D eigenvalue weighted by molar-refractivity contribution is 6.29. The molecule has 0 spiro atoms. The number of carbonyl (C=O) groups excluding carboxylic acids is 1. The van der Waals surface area contributed by atoms with E-state index in [0.29, 0.717) is 28.8 Å². The lowest BCUT2D eigenvalue weighted by Crippen LogP contribution is -2.09. The van der Waals surface area contributed by atoms with Crippen LogP contribution in [-0.2, 0) is 0 Å². The second-order valence-corrected chi connectivity index (χ2v) is 4.03. The van der Waals surface area contributed by atoms with E-state index in [1.54, 1.807) is 24.3 Å². The van der Waals surface area contributed by atoms with Crippen LogP contribution in [0.3, 0.4) is 0 Å². The molecule has 19 heavy (non-hydrogen) atoms. The Morgan fingerprint density at radius 3 is 2.58 bits per heavy atom. The molecule has 0 saturated heterocycles. The fourth-order valence-corrected chi connectivity index (χ4v) is 1.58. The predicted molar refractivity (Wildman–Crippen MR) is 71.8 cm³/mol. The van der Waals surface area contributed by atoms with Gasteiger partial charge in [0.25, 0.3) is 0 Å². The van der Waals surface area contributed by atoms with Gasteiger partial charge < -0.3 is 9.47 Å². The van der Waals surface area contributed by atoms with Crippen molar-refractivity contribution in [3.05, 3.63) is 53.3 Å². The fourth-order valence-electron chi connectivity index (χ4n) is 1.46. The Kier molecular flexibility index (Phi) is 4.36. The second kappa shape index (κ2) is 6.20. The molecule has 0 unspecified atom stereocenters. The van der Waals surface area contributed by atoms with Gasteiger partial charge in [0.15, 0.2) is 11.5 Å². The molecule has 0 radical (unpaired) electrons. The second-order valence-electron chi connectivity index (χ2n) is 3.64. The molecule has 0 fully saturated rings. The first-order chi connectivity index (χ1) is 9.20. The molecule has 1 heterocycles. The largest absolute Gasteiger partial charge is 0.490 e. The molecular weight excluding hydrogens is 266 g/mol. The van der Waals surface area contributed by atoms with Gasteiger partial charge in [-0.05, 0) is 31.2 Å². The molecule has 0 aliphatic carbocycles. The summed E-state index contributed by atoms with van der Waals surface area (Å²) in [6.45, 7) is 2.36. The summed E-state index contributed by atoms with van der Waals surface area (Å²) < 4.78 is 10.7. The Morgan fingerprint density at radius 1 is 1.21 bits per heavy atom. The minimum Gasteiger partial charge on any atom is -0.490 e. The highest BCUT2D eigenvalue weighted by Gasteiger charge is 2.12. The van der Waals surface area contributed by atoms with Crippen LogP contribution in [0.2, 0.25) is 5.15 Å². The van der Waals surface area contributed by atoms with Crippen molar-refractivity contribution < 1.29 is 14.3 Å². The Labute approximate surface area is 115 Å². The lowest BCUT2D eigenvalue weighted by molar-refractivity contribution is 0.0728. The standard InChI is InChI=1S/C14H12ClNO3/c1-2-18-11-5-3-4-6-12(11)19-14(17)10-7-8-13(15)16-9-10/h3-9H,2H2,1H3. The van der Waals surface area contributed by atoms with Crippen LogP contribution in [-0.4, -0.2) is 17.6 Å². The van der Waals surface area contributed by atoms with Crippen molar-refractivity contribution in [2.24, 2.45) is 0 Å². The minimum absolute atomic E-state index is 0.325. The molecule has 0 aliphatic heterocycles. The van der Waals surface area contributed by atoms with Crippen LogP contribution in [0, 0.1) is 0 Å². The van der Waals surface area contributed by atoms with Gasteiger partial charge in [-0.2, -0.15) is 0 Å². The number of para-hydroxylation sites is 2. The Bertz CT molecular complexity index is 569. The number of esters is 1. The van der Waals surface area contributed by atoms with Crippen LogP contribution >= 0.6 is 11.6 Å². The molecule has 0 aliphatic rings. The Hall–Kier alpha value is -2.07. The third-order valence-electron chi connectivity index (χ3n) is 2.31. The molecule has 0 N–H and O–H groups in total. The smallest absolute Gasteiger partial charge is 0.345 e. The molecule has 0 amide bonds. The first-order valence-electron chi connectivity index (χ1n) is 5.76. The van der Waals surface area contributed by atoms with Crippen molar-refractivity contribution in [2.45, 2.75) is 6.92 Å². The maximum absolute atomic E-state index is 11.9. The van der Waals surface area contributed by atoms with E-state index in [1.165, 1.54) is 12.3 Å². The minimum atomic E-state index is -0.503. The first-order valence-corrected chi connectivity index (χ1v) is 6.14. The number of pyridine rings is 1. The highest BCUT2D eigenvalue weighted by atomic mass is 35.5. The van der Waals surface area contributed by atoms with Gasteiger partial charge in [0.2, 0.25) is 0 Å². The number of ether oxygens (including phenoxy) is 2. The van der Waals surface area contributed by atoms with E-state index in [9.17, 15) is 4.79 Å².